The number of fused-ring (bicyclic) bond motifs is 1. The third-order valence-corrected chi connectivity index (χ3v) is 2.26. The molecule has 0 aromatic carbocycles. The lowest BCUT2D eigenvalue weighted by Gasteiger charge is -1.93. The summed E-state index contributed by atoms with van der Waals surface area (Å²) in [5.41, 5.74) is 0.960. The van der Waals surface area contributed by atoms with Gasteiger partial charge in [0.15, 0.2) is 10.8 Å². The minimum Gasteiger partial charge on any atom is -0.291 e. The Kier molecular flexibility index (Phi) is 1.63. The second kappa shape index (κ2) is 2.56. The number of rotatable bonds is 0. The van der Waals surface area contributed by atoms with Crippen molar-refractivity contribution in [2.75, 3.05) is 0 Å². The largest absolute Gasteiger partial charge is 0.329 e. The molecule has 0 saturated heterocycles. The molecule has 2 aromatic heterocycles. The van der Waals surface area contributed by atoms with E-state index in [1.165, 1.54) is 15.5 Å². The molecule has 0 unspecified atom stereocenters. The summed E-state index contributed by atoms with van der Waals surface area (Å²) in [5.74, 6) is 0. The molecule has 5 nitrogen and oxygen atoms in total. The average Bonchev–Trinajstić information content (AvgIpc) is 2.33. The molecule has 0 saturated carbocycles. The summed E-state index contributed by atoms with van der Waals surface area (Å²) in [4.78, 5) is 19.2. The van der Waals surface area contributed by atoms with Gasteiger partial charge in [0.05, 0.1) is 0 Å². The zero-order valence-corrected chi connectivity index (χ0v) is 7.91. The van der Waals surface area contributed by atoms with Crippen molar-refractivity contribution in [1.29, 1.82) is 0 Å². The molecular formula is C7H7ClN4O. The van der Waals surface area contributed by atoms with Gasteiger partial charge in [-0.15, -0.1) is 0 Å². The van der Waals surface area contributed by atoms with Crippen molar-refractivity contribution in [3.05, 3.63) is 22.0 Å². The zero-order chi connectivity index (χ0) is 9.59. The van der Waals surface area contributed by atoms with Crippen LogP contribution in [0.25, 0.3) is 11.2 Å². The molecule has 0 aliphatic carbocycles. The fraction of sp³-hybridized carbons (Fsp3) is 0.286. The summed E-state index contributed by atoms with van der Waals surface area (Å²) in [6.45, 7) is 0. The van der Waals surface area contributed by atoms with E-state index in [9.17, 15) is 4.79 Å². The van der Waals surface area contributed by atoms with Gasteiger partial charge in [-0.2, -0.15) is 0 Å². The predicted molar refractivity (Wildman–Crippen MR) is 48.8 cm³/mol. The third-order valence-electron chi connectivity index (χ3n) is 1.99. The highest BCUT2D eigenvalue weighted by Gasteiger charge is 2.11. The Morgan fingerprint density at radius 3 is 2.62 bits per heavy atom. The number of nitrogens with zero attached hydrogens (tertiary/aromatic N) is 4. The summed E-state index contributed by atoms with van der Waals surface area (Å²) in [7, 11) is 3.29. The number of aromatic nitrogens is 4. The monoisotopic (exact) mass is 198 g/mol. The van der Waals surface area contributed by atoms with E-state index >= 15 is 0 Å². The van der Waals surface area contributed by atoms with Crippen LogP contribution in [0.1, 0.15) is 0 Å². The molecule has 2 rings (SSSR count). The highest BCUT2D eigenvalue weighted by molar-refractivity contribution is 6.33. The molecule has 0 spiro atoms. The van der Waals surface area contributed by atoms with Crippen molar-refractivity contribution in [3.8, 4) is 0 Å². The molecule has 0 bridgehead atoms. The SMILES string of the molecule is Cn1c(=O)n(C)c2c(Cl)ncnc21. The molecule has 0 fully saturated rings. The second-order valence-corrected chi connectivity index (χ2v) is 3.10. The summed E-state index contributed by atoms with van der Waals surface area (Å²) in [5, 5.41) is 0.296. The maximum atomic E-state index is 11.4. The van der Waals surface area contributed by atoms with Crippen LogP contribution < -0.4 is 5.69 Å². The maximum Gasteiger partial charge on any atom is 0.329 e. The highest BCUT2D eigenvalue weighted by Crippen LogP contribution is 2.15. The van der Waals surface area contributed by atoms with Crippen LogP contribution in [0, 0.1) is 0 Å². The number of halogens is 1. The Bertz CT molecular complexity index is 527. The van der Waals surface area contributed by atoms with Crippen LogP contribution in [0.2, 0.25) is 5.15 Å². The molecule has 6 heteroatoms. The summed E-state index contributed by atoms with van der Waals surface area (Å²) >= 11 is 5.82. The summed E-state index contributed by atoms with van der Waals surface area (Å²) in [6, 6.07) is 0. The molecule has 0 atom stereocenters. The maximum absolute atomic E-state index is 11.4. The quantitative estimate of drug-likeness (QED) is 0.573. The van der Waals surface area contributed by atoms with Crippen molar-refractivity contribution in [2.45, 2.75) is 0 Å². The number of imidazole rings is 1. The molecule has 0 N–H and O–H groups in total. The summed E-state index contributed by atoms with van der Waals surface area (Å²) < 4.78 is 2.86. The van der Waals surface area contributed by atoms with Gasteiger partial charge in [-0.1, -0.05) is 11.6 Å². The van der Waals surface area contributed by atoms with E-state index in [-0.39, 0.29) is 5.69 Å². The van der Waals surface area contributed by atoms with Crippen LogP contribution in [-0.2, 0) is 14.1 Å². The van der Waals surface area contributed by atoms with Crippen LogP contribution in [-0.4, -0.2) is 19.1 Å². The first kappa shape index (κ1) is 8.25. The van der Waals surface area contributed by atoms with Crippen LogP contribution >= 0.6 is 11.6 Å². The van der Waals surface area contributed by atoms with E-state index in [1.54, 1.807) is 14.1 Å². The molecule has 0 amide bonds. The van der Waals surface area contributed by atoms with E-state index in [1.807, 2.05) is 0 Å². The topological polar surface area (TPSA) is 52.7 Å². The van der Waals surface area contributed by atoms with Gasteiger partial charge in [-0.05, 0) is 0 Å². The van der Waals surface area contributed by atoms with Crippen LogP contribution in [0.15, 0.2) is 11.1 Å². The van der Waals surface area contributed by atoms with E-state index in [0.29, 0.717) is 16.3 Å². The summed E-state index contributed by atoms with van der Waals surface area (Å²) in [6.07, 6.45) is 1.34. The number of aryl methyl sites for hydroxylation is 2. The molecule has 0 aliphatic heterocycles. The fourth-order valence-electron chi connectivity index (χ4n) is 1.29. The first-order chi connectivity index (χ1) is 6.13. The van der Waals surface area contributed by atoms with Crippen molar-refractivity contribution in [2.24, 2.45) is 14.1 Å². The average molecular weight is 199 g/mol. The first-order valence-electron chi connectivity index (χ1n) is 3.65. The van der Waals surface area contributed by atoms with Gasteiger partial charge in [-0.3, -0.25) is 9.13 Å². The lowest BCUT2D eigenvalue weighted by molar-refractivity contribution is 0.791. The fourth-order valence-corrected chi connectivity index (χ4v) is 1.55. The molecule has 2 heterocycles. The Morgan fingerprint density at radius 1 is 1.31 bits per heavy atom. The Balaban J connectivity index is 3.12. The molecule has 0 radical (unpaired) electrons. The van der Waals surface area contributed by atoms with E-state index in [4.69, 9.17) is 11.6 Å². The van der Waals surface area contributed by atoms with Gasteiger partial charge < -0.3 is 0 Å². The second-order valence-electron chi connectivity index (χ2n) is 2.74. The normalized spacial score (nSPS) is 11.0. The Hall–Kier alpha value is -1.36. The van der Waals surface area contributed by atoms with Crippen molar-refractivity contribution >= 4 is 22.8 Å². The van der Waals surface area contributed by atoms with Crippen molar-refractivity contribution in [3.63, 3.8) is 0 Å². The number of hydrogen-bond donors (Lipinski definition) is 0. The molecule has 13 heavy (non-hydrogen) atoms. The lowest BCUT2D eigenvalue weighted by Crippen LogP contribution is -2.19. The van der Waals surface area contributed by atoms with E-state index in [0.717, 1.165) is 0 Å². The molecular weight excluding hydrogens is 192 g/mol. The van der Waals surface area contributed by atoms with Crippen molar-refractivity contribution in [1.82, 2.24) is 19.1 Å². The minimum atomic E-state index is -0.155. The Labute approximate surface area is 78.6 Å². The Morgan fingerprint density at radius 2 is 2.00 bits per heavy atom. The van der Waals surface area contributed by atoms with E-state index < -0.39 is 0 Å². The van der Waals surface area contributed by atoms with Gasteiger partial charge in [0.2, 0.25) is 0 Å². The third kappa shape index (κ3) is 0.968. The van der Waals surface area contributed by atoms with Crippen molar-refractivity contribution < 1.29 is 0 Å². The van der Waals surface area contributed by atoms with Crippen LogP contribution in [0.4, 0.5) is 0 Å². The molecule has 0 aliphatic rings. The molecule has 2 aromatic rings. The van der Waals surface area contributed by atoms with E-state index in [2.05, 4.69) is 9.97 Å². The standard InChI is InChI=1S/C7H7ClN4O/c1-11-4-5(8)9-3-10-6(4)12(2)7(11)13/h3H,1-2H3. The highest BCUT2D eigenvalue weighted by atomic mass is 35.5. The van der Waals surface area contributed by atoms with Crippen LogP contribution in [0.5, 0.6) is 0 Å². The van der Waals surface area contributed by atoms with Gasteiger partial charge in [-0.25, -0.2) is 14.8 Å². The minimum absolute atomic E-state index is 0.155. The van der Waals surface area contributed by atoms with Gasteiger partial charge >= 0.3 is 5.69 Å². The van der Waals surface area contributed by atoms with Gasteiger partial charge in [0.25, 0.3) is 0 Å². The lowest BCUT2D eigenvalue weighted by atomic mass is 10.5. The van der Waals surface area contributed by atoms with Crippen LogP contribution in [0.3, 0.4) is 0 Å². The van der Waals surface area contributed by atoms with Gasteiger partial charge in [0.1, 0.15) is 11.8 Å². The zero-order valence-electron chi connectivity index (χ0n) is 7.15. The smallest absolute Gasteiger partial charge is 0.291 e. The number of hydrogen-bond acceptors (Lipinski definition) is 3. The predicted octanol–water partition coefficient (Wildman–Crippen LogP) is 0.320. The first-order valence-corrected chi connectivity index (χ1v) is 4.02. The molecule has 68 valence electrons. The van der Waals surface area contributed by atoms with Gasteiger partial charge in [0, 0.05) is 14.1 Å².